The van der Waals surface area contributed by atoms with E-state index in [1.807, 2.05) is 0 Å². The number of pyridine rings is 1. The Kier molecular flexibility index (Phi) is 8.91. The predicted molar refractivity (Wildman–Crippen MR) is 89.5 cm³/mol. The van der Waals surface area contributed by atoms with Gasteiger partial charge in [0.1, 0.15) is 18.2 Å². The SMILES string of the molecule is C[n+]1cc(C(=O)NCCCN=[N+]=[N-])cc(C(=O)NCCCN=[N+]=[N-])c1. The Labute approximate surface area is 144 Å². The van der Waals surface area contributed by atoms with E-state index in [2.05, 4.69) is 30.7 Å². The Hall–Kier alpha value is -3.29. The second kappa shape index (κ2) is 11.3. The number of aromatic nitrogens is 1. The number of amides is 2. The van der Waals surface area contributed by atoms with Gasteiger partial charge in [-0.25, -0.2) is 4.57 Å². The number of rotatable bonds is 10. The molecule has 1 rings (SSSR count). The summed E-state index contributed by atoms with van der Waals surface area (Å²) in [5.41, 5.74) is 17.1. The van der Waals surface area contributed by atoms with Crippen LogP contribution in [0, 0.1) is 0 Å². The fourth-order valence-corrected chi connectivity index (χ4v) is 1.96. The van der Waals surface area contributed by atoms with Crippen molar-refractivity contribution in [3.63, 3.8) is 0 Å². The van der Waals surface area contributed by atoms with Crippen molar-refractivity contribution in [1.82, 2.24) is 10.6 Å². The van der Waals surface area contributed by atoms with E-state index < -0.39 is 0 Å². The zero-order valence-corrected chi connectivity index (χ0v) is 13.9. The number of nitrogens with one attached hydrogen (secondary N) is 2. The van der Waals surface area contributed by atoms with E-state index in [-0.39, 0.29) is 11.8 Å². The molecule has 0 radical (unpaired) electrons. The van der Waals surface area contributed by atoms with Gasteiger partial charge in [0.05, 0.1) is 0 Å². The first-order valence-electron chi connectivity index (χ1n) is 7.67. The summed E-state index contributed by atoms with van der Waals surface area (Å²) in [5, 5.41) is 12.2. The van der Waals surface area contributed by atoms with Crippen LogP contribution in [0.3, 0.4) is 0 Å². The smallest absolute Gasteiger partial charge is 0.257 e. The van der Waals surface area contributed by atoms with Crippen LogP contribution in [-0.4, -0.2) is 38.0 Å². The first-order chi connectivity index (χ1) is 12.1. The Balaban J connectivity index is 2.61. The van der Waals surface area contributed by atoms with Crippen LogP contribution in [0.25, 0.3) is 20.9 Å². The van der Waals surface area contributed by atoms with Gasteiger partial charge in [-0.15, -0.1) is 0 Å². The third kappa shape index (κ3) is 7.69. The number of hydrogen-bond acceptors (Lipinski definition) is 4. The third-order valence-electron chi connectivity index (χ3n) is 3.09. The van der Waals surface area contributed by atoms with Crippen LogP contribution >= 0.6 is 0 Å². The van der Waals surface area contributed by atoms with Crippen molar-refractivity contribution in [2.45, 2.75) is 12.8 Å². The average molecular weight is 346 g/mol. The first kappa shape index (κ1) is 19.8. The van der Waals surface area contributed by atoms with Crippen LogP contribution in [0.5, 0.6) is 0 Å². The zero-order valence-electron chi connectivity index (χ0n) is 13.9. The van der Waals surface area contributed by atoms with Gasteiger partial charge in [-0.1, -0.05) is 10.2 Å². The zero-order chi connectivity index (χ0) is 18.5. The lowest BCUT2D eigenvalue weighted by atomic mass is 10.1. The molecule has 1 aromatic heterocycles. The molecular formula is C14H20N9O2+. The summed E-state index contributed by atoms with van der Waals surface area (Å²) in [5.74, 6) is -0.621. The van der Waals surface area contributed by atoms with Crippen molar-refractivity contribution in [1.29, 1.82) is 0 Å². The minimum Gasteiger partial charge on any atom is -0.352 e. The molecule has 0 aromatic carbocycles. The summed E-state index contributed by atoms with van der Waals surface area (Å²) in [4.78, 5) is 29.5. The maximum absolute atomic E-state index is 12.1. The van der Waals surface area contributed by atoms with E-state index >= 15 is 0 Å². The molecule has 0 spiro atoms. The van der Waals surface area contributed by atoms with Crippen molar-refractivity contribution in [3.8, 4) is 0 Å². The van der Waals surface area contributed by atoms with Gasteiger partial charge >= 0.3 is 0 Å². The van der Waals surface area contributed by atoms with Crippen molar-refractivity contribution in [3.05, 3.63) is 50.5 Å². The van der Waals surface area contributed by atoms with Gasteiger partial charge in [0.25, 0.3) is 11.8 Å². The highest BCUT2D eigenvalue weighted by Gasteiger charge is 2.15. The normalized spacial score (nSPS) is 9.48. The van der Waals surface area contributed by atoms with Crippen LogP contribution < -0.4 is 15.2 Å². The fraction of sp³-hybridized carbons (Fsp3) is 0.500. The lowest BCUT2D eigenvalue weighted by Gasteiger charge is -2.06. The van der Waals surface area contributed by atoms with E-state index in [0.29, 0.717) is 50.1 Å². The minimum absolute atomic E-state index is 0.308. The second-order valence-electron chi connectivity index (χ2n) is 5.11. The average Bonchev–Trinajstić information content (AvgIpc) is 2.60. The maximum atomic E-state index is 12.1. The summed E-state index contributed by atoms with van der Waals surface area (Å²) in [7, 11) is 1.72. The van der Waals surface area contributed by atoms with E-state index in [9.17, 15) is 9.59 Å². The summed E-state index contributed by atoms with van der Waals surface area (Å²) in [6, 6.07) is 1.51. The van der Waals surface area contributed by atoms with E-state index in [4.69, 9.17) is 11.1 Å². The minimum atomic E-state index is -0.311. The highest BCUT2D eigenvalue weighted by molar-refractivity contribution is 5.98. The molecule has 1 heterocycles. The van der Waals surface area contributed by atoms with Crippen molar-refractivity contribution >= 4 is 11.8 Å². The van der Waals surface area contributed by atoms with Crippen molar-refractivity contribution in [2.75, 3.05) is 26.2 Å². The monoisotopic (exact) mass is 346 g/mol. The molecule has 0 atom stereocenters. The van der Waals surface area contributed by atoms with Crippen molar-refractivity contribution < 1.29 is 14.2 Å². The van der Waals surface area contributed by atoms with Crippen LogP contribution in [-0.2, 0) is 7.05 Å². The molecule has 11 heteroatoms. The van der Waals surface area contributed by atoms with E-state index in [0.717, 1.165) is 0 Å². The van der Waals surface area contributed by atoms with E-state index in [1.54, 1.807) is 24.0 Å². The number of aryl methyl sites for hydroxylation is 1. The Morgan fingerprint density at radius 3 is 1.84 bits per heavy atom. The molecular weight excluding hydrogens is 326 g/mol. The summed E-state index contributed by atoms with van der Waals surface area (Å²) in [6.07, 6.45) is 4.29. The number of carbonyl (C=O) groups is 2. The molecule has 25 heavy (non-hydrogen) atoms. The number of hydrogen-bond donors (Lipinski definition) is 2. The molecule has 0 fully saturated rings. The number of azide groups is 2. The van der Waals surface area contributed by atoms with Crippen LogP contribution in [0.15, 0.2) is 28.7 Å². The molecule has 0 aliphatic carbocycles. The van der Waals surface area contributed by atoms with Crippen molar-refractivity contribution in [2.24, 2.45) is 17.3 Å². The highest BCUT2D eigenvalue weighted by Crippen LogP contribution is 2.02. The molecule has 0 bridgehead atoms. The van der Waals surface area contributed by atoms with Crippen LogP contribution in [0.2, 0.25) is 0 Å². The Morgan fingerprint density at radius 1 is 1.00 bits per heavy atom. The van der Waals surface area contributed by atoms with Gasteiger partial charge in [0.15, 0.2) is 12.4 Å². The molecule has 132 valence electrons. The lowest BCUT2D eigenvalue weighted by Crippen LogP contribution is -2.35. The molecule has 1 aromatic rings. The molecule has 0 saturated heterocycles. The second-order valence-corrected chi connectivity index (χ2v) is 5.11. The molecule has 0 aliphatic heterocycles. The third-order valence-corrected chi connectivity index (χ3v) is 3.09. The Morgan fingerprint density at radius 2 is 1.44 bits per heavy atom. The van der Waals surface area contributed by atoms with Gasteiger partial charge in [-0.05, 0) is 30.0 Å². The molecule has 0 saturated carbocycles. The molecule has 2 amide bonds. The molecule has 0 unspecified atom stereocenters. The van der Waals surface area contributed by atoms with Crippen LogP contribution in [0.4, 0.5) is 0 Å². The first-order valence-corrected chi connectivity index (χ1v) is 7.67. The van der Waals surface area contributed by atoms with Gasteiger partial charge < -0.3 is 10.6 Å². The largest absolute Gasteiger partial charge is 0.352 e. The van der Waals surface area contributed by atoms with Gasteiger partial charge in [0.2, 0.25) is 0 Å². The van der Waals surface area contributed by atoms with Gasteiger partial charge in [-0.2, -0.15) is 0 Å². The predicted octanol–water partition coefficient (Wildman–Crippen LogP) is 1.37. The summed E-state index contributed by atoms with van der Waals surface area (Å²) in [6.45, 7) is 1.36. The fourth-order valence-electron chi connectivity index (χ4n) is 1.96. The van der Waals surface area contributed by atoms with Crippen LogP contribution in [0.1, 0.15) is 33.6 Å². The highest BCUT2D eigenvalue weighted by atomic mass is 16.2. The summed E-state index contributed by atoms with van der Waals surface area (Å²) < 4.78 is 1.63. The van der Waals surface area contributed by atoms with Gasteiger partial charge in [-0.3, -0.25) is 9.59 Å². The van der Waals surface area contributed by atoms with E-state index in [1.165, 1.54) is 6.07 Å². The number of carbonyl (C=O) groups excluding carboxylic acids is 2. The Bertz CT molecular complexity index is 650. The van der Waals surface area contributed by atoms with Gasteiger partial charge in [0, 0.05) is 36.0 Å². The molecule has 11 nitrogen and oxygen atoms in total. The molecule has 2 N–H and O–H groups in total. The topological polar surface area (TPSA) is 160 Å². The standard InChI is InChI=1S/C14H19N9O2/c1-23-9-11(13(24)17-4-2-6-19-21-15)8-12(10-23)14(25)18-5-3-7-20-22-16/h8-10H,2-7H2,1H3,(H-,17,18,24,25)/p+1. The summed E-state index contributed by atoms with van der Waals surface area (Å²) >= 11 is 0. The quantitative estimate of drug-likeness (QED) is 0.215. The molecule has 0 aliphatic rings. The lowest BCUT2D eigenvalue weighted by molar-refractivity contribution is -0.671. The number of nitrogens with zero attached hydrogens (tertiary/aromatic N) is 7. The maximum Gasteiger partial charge on any atom is 0.257 e.